The predicted octanol–water partition coefficient (Wildman–Crippen LogP) is 1.42. The van der Waals surface area contributed by atoms with Crippen molar-refractivity contribution >= 4 is 0 Å². The molecule has 1 rings (SSSR count). The third-order valence-electron chi connectivity index (χ3n) is 1.59. The summed E-state index contributed by atoms with van der Waals surface area (Å²) in [6.45, 7) is 5.40. The molecule has 0 aromatic rings. The van der Waals surface area contributed by atoms with Gasteiger partial charge < -0.3 is 0 Å². The minimum Gasteiger partial charge on any atom is -0.299 e. The first-order valence-corrected chi connectivity index (χ1v) is 3.81. The highest BCUT2D eigenvalue weighted by Gasteiger charge is 2.09. The number of hydroxylamine groups is 2. The Morgan fingerprint density at radius 3 is 3.00 bits per heavy atom. The van der Waals surface area contributed by atoms with Crippen molar-refractivity contribution in [2.75, 3.05) is 19.7 Å². The van der Waals surface area contributed by atoms with E-state index in [0.29, 0.717) is 0 Å². The quantitative estimate of drug-likeness (QED) is 0.571. The van der Waals surface area contributed by atoms with E-state index in [4.69, 9.17) is 4.84 Å². The van der Waals surface area contributed by atoms with Crippen molar-refractivity contribution in [2.45, 2.75) is 26.2 Å². The minimum absolute atomic E-state index is 0.934. The first-order valence-electron chi connectivity index (χ1n) is 3.81. The summed E-state index contributed by atoms with van der Waals surface area (Å²) in [5.41, 5.74) is 0. The van der Waals surface area contributed by atoms with Gasteiger partial charge in [0.2, 0.25) is 0 Å². The van der Waals surface area contributed by atoms with E-state index < -0.39 is 0 Å². The molecule has 1 saturated heterocycles. The molecular weight excluding hydrogens is 114 g/mol. The van der Waals surface area contributed by atoms with Gasteiger partial charge in [0, 0.05) is 13.1 Å². The van der Waals surface area contributed by atoms with Crippen LogP contribution in [0, 0.1) is 0 Å². The second kappa shape index (κ2) is 3.85. The van der Waals surface area contributed by atoms with Crippen LogP contribution in [0.15, 0.2) is 0 Å². The van der Waals surface area contributed by atoms with Crippen molar-refractivity contribution in [3.05, 3.63) is 0 Å². The van der Waals surface area contributed by atoms with Crippen LogP contribution in [-0.2, 0) is 4.84 Å². The Morgan fingerprint density at radius 1 is 1.56 bits per heavy atom. The molecule has 2 heteroatoms. The first kappa shape index (κ1) is 7.03. The van der Waals surface area contributed by atoms with Gasteiger partial charge in [-0.05, 0) is 12.8 Å². The van der Waals surface area contributed by atoms with Crippen molar-refractivity contribution in [3.8, 4) is 0 Å². The van der Waals surface area contributed by atoms with E-state index >= 15 is 0 Å². The van der Waals surface area contributed by atoms with Gasteiger partial charge in [-0.15, -0.1) is 0 Å². The molecule has 0 amide bonds. The zero-order chi connectivity index (χ0) is 6.53. The molecule has 9 heavy (non-hydrogen) atoms. The summed E-state index contributed by atoms with van der Waals surface area (Å²) in [7, 11) is 0. The second-order valence-corrected chi connectivity index (χ2v) is 2.47. The van der Waals surface area contributed by atoms with Crippen LogP contribution in [0.25, 0.3) is 0 Å². The smallest absolute Gasteiger partial charge is 0.0698 e. The fourth-order valence-corrected chi connectivity index (χ4v) is 1.01. The van der Waals surface area contributed by atoms with E-state index in [-0.39, 0.29) is 0 Å². The van der Waals surface area contributed by atoms with Gasteiger partial charge in [-0.2, -0.15) is 5.06 Å². The largest absolute Gasteiger partial charge is 0.299 e. The Kier molecular flexibility index (Phi) is 3.01. The summed E-state index contributed by atoms with van der Waals surface area (Å²) in [4.78, 5) is 5.29. The van der Waals surface area contributed by atoms with E-state index in [1.807, 2.05) is 0 Å². The maximum Gasteiger partial charge on any atom is 0.0698 e. The number of hydrogen-bond acceptors (Lipinski definition) is 2. The Balaban J connectivity index is 1.98. The average Bonchev–Trinajstić information content (AvgIpc) is 2.34. The first-order chi connectivity index (χ1) is 4.43. The summed E-state index contributed by atoms with van der Waals surface area (Å²) in [5.74, 6) is 0. The van der Waals surface area contributed by atoms with Crippen molar-refractivity contribution in [2.24, 2.45) is 0 Å². The summed E-state index contributed by atoms with van der Waals surface area (Å²) in [5, 5.41) is 2.07. The highest BCUT2D eigenvalue weighted by molar-refractivity contribution is 4.52. The Labute approximate surface area is 56.8 Å². The maximum absolute atomic E-state index is 5.29. The summed E-state index contributed by atoms with van der Waals surface area (Å²) in [6.07, 6.45) is 3.74. The second-order valence-electron chi connectivity index (χ2n) is 2.47. The molecule has 0 saturated carbocycles. The van der Waals surface area contributed by atoms with Crippen LogP contribution < -0.4 is 0 Å². The van der Waals surface area contributed by atoms with Crippen LogP contribution in [0.4, 0.5) is 0 Å². The average molecular weight is 129 g/mol. The molecule has 0 aliphatic carbocycles. The molecule has 0 atom stereocenters. The number of nitrogens with zero attached hydrogens (tertiary/aromatic N) is 1. The van der Waals surface area contributed by atoms with Gasteiger partial charge in [0.15, 0.2) is 0 Å². The van der Waals surface area contributed by atoms with Crippen LogP contribution in [0.1, 0.15) is 26.2 Å². The van der Waals surface area contributed by atoms with Crippen molar-refractivity contribution < 1.29 is 4.84 Å². The predicted molar refractivity (Wildman–Crippen MR) is 37.0 cm³/mol. The van der Waals surface area contributed by atoms with Gasteiger partial charge in [0.25, 0.3) is 0 Å². The Hall–Kier alpha value is -0.0800. The SMILES string of the molecule is CCCCN1CCCO1. The molecule has 0 unspecified atom stereocenters. The van der Waals surface area contributed by atoms with Crippen molar-refractivity contribution in [1.82, 2.24) is 5.06 Å². The zero-order valence-corrected chi connectivity index (χ0v) is 6.10. The Morgan fingerprint density at radius 2 is 2.44 bits per heavy atom. The lowest BCUT2D eigenvalue weighted by Crippen LogP contribution is -2.18. The van der Waals surface area contributed by atoms with Gasteiger partial charge in [-0.25, -0.2) is 0 Å². The van der Waals surface area contributed by atoms with Gasteiger partial charge >= 0.3 is 0 Å². The normalized spacial score (nSPS) is 21.0. The summed E-state index contributed by atoms with van der Waals surface area (Å²) >= 11 is 0. The third kappa shape index (κ3) is 2.33. The van der Waals surface area contributed by atoms with Crippen molar-refractivity contribution in [1.29, 1.82) is 0 Å². The molecule has 0 spiro atoms. The van der Waals surface area contributed by atoms with E-state index in [1.165, 1.54) is 19.3 Å². The lowest BCUT2D eigenvalue weighted by atomic mass is 10.3. The van der Waals surface area contributed by atoms with E-state index in [0.717, 1.165) is 19.7 Å². The molecule has 1 aliphatic rings. The molecular formula is C7H15NO. The minimum atomic E-state index is 0.934. The Bertz CT molecular complexity index is 69.3. The molecule has 1 aliphatic heterocycles. The van der Waals surface area contributed by atoms with Crippen LogP contribution in [0.3, 0.4) is 0 Å². The van der Waals surface area contributed by atoms with Crippen molar-refractivity contribution in [3.63, 3.8) is 0 Å². The van der Waals surface area contributed by atoms with Crippen LogP contribution in [0.2, 0.25) is 0 Å². The molecule has 1 heterocycles. The highest BCUT2D eigenvalue weighted by Crippen LogP contribution is 2.04. The highest BCUT2D eigenvalue weighted by atomic mass is 16.7. The van der Waals surface area contributed by atoms with E-state index in [2.05, 4.69) is 12.0 Å². The summed E-state index contributed by atoms with van der Waals surface area (Å²) in [6, 6.07) is 0. The monoisotopic (exact) mass is 129 g/mol. The molecule has 54 valence electrons. The maximum atomic E-state index is 5.29. The molecule has 0 N–H and O–H groups in total. The molecule has 2 nitrogen and oxygen atoms in total. The lowest BCUT2D eigenvalue weighted by molar-refractivity contribution is -0.110. The van der Waals surface area contributed by atoms with Crippen LogP contribution >= 0.6 is 0 Å². The molecule has 0 aromatic carbocycles. The van der Waals surface area contributed by atoms with Crippen LogP contribution in [-0.4, -0.2) is 24.8 Å². The number of rotatable bonds is 3. The van der Waals surface area contributed by atoms with Gasteiger partial charge in [-0.1, -0.05) is 13.3 Å². The molecule has 0 aromatic heterocycles. The molecule has 0 bridgehead atoms. The zero-order valence-electron chi connectivity index (χ0n) is 6.10. The standard InChI is InChI=1S/C7H15NO/c1-2-3-5-8-6-4-7-9-8/h2-7H2,1H3. The van der Waals surface area contributed by atoms with E-state index in [1.54, 1.807) is 0 Å². The lowest BCUT2D eigenvalue weighted by Gasteiger charge is -2.11. The van der Waals surface area contributed by atoms with Gasteiger partial charge in [-0.3, -0.25) is 4.84 Å². The fourth-order valence-electron chi connectivity index (χ4n) is 1.01. The third-order valence-corrected chi connectivity index (χ3v) is 1.59. The number of unbranched alkanes of at least 4 members (excludes halogenated alkanes) is 1. The topological polar surface area (TPSA) is 12.5 Å². The van der Waals surface area contributed by atoms with Gasteiger partial charge in [0.1, 0.15) is 0 Å². The number of hydrogen-bond donors (Lipinski definition) is 0. The van der Waals surface area contributed by atoms with Gasteiger partial charge in [0.05, 0.1) is 6.61 Å². The molecule has 1 fully saturated rings. The van der Waals surface area contributed by atoms with E-state index in [9.17, 15) is 0 Å². The fraction of sp³-hybridized carbons (Fsp3) is 1.00. The summed E-state index contributed by atoms with van der Waals surface area (Å²) < 4.78 is 0. The van der Waals surface area contributed by atoms with Crippen LogP contribution in [0.5, 0.6) is 0 Å². The molecule has 0 radical (unpaired) electrons.